The molecular formula is C15H19ClN2OS. The van der Waals surface area contributed by atoms with E-state index in [4.69, 9.17) is 16.3 Å². The molecule has 108 valence electrons. The summed E-state index contributed by atoms with van der Waals surface area (Å²) in [5.74, 6) is 1.45. The van der Waals surface area contributed by atoms with Crippen LogP contribution in [0.15, 0.2) is 29.9 Å². The monoisotopic (exact) mass is 310 g/mol. The van der Waals surface area contributed by atoms with Crippen LogP contribution in [-0.2, 0) is 13.2 Å². The van der Waals surface area contributed by atoms with Crippen molar-refractivity contribution in [1.82, 2.24) is 10.3 Å². The number of thiazole rings is 1. The number of nitrogens with zero attached hydrogens (tertiary/aromatic N) is 1. The minimum atomic E-state index is 0.530. The topological polar surface area (TPSA) is 34.1 Å². The van der Waals surface area contributed by atoms with Crippen molar-refractivity contribution in [3.63, 3.8) is 0 Å². The molecule has 1 aromatic heterocycles. The van der Waals surface area contributed by atoms with Gasteiger partial charge in [0.1, 0.15) is 12.4 Å². The fourth-order valence-electron chi connectivity index (χ4n) is 1.79. The van der Waals surface area contributed by atoms with Crippen molar-refractivity contribution in [2.24, 2.45) is 5.92 Å². The number of rotatable bonds is 7. The Morgan fingerprint density at radius 3 is 2.95 bits per heavy atom. The van der Waals surface area contributed by atoms with E-state index in [1.54, 1.807) is 11.3 Å². The predicted molar refractivity (Wildman–Crippen MR) is 84.4 cm³/mol. The highest BCUT2D eigenvalue weighted by molar-refractivity contribution is 7.09. The Labute approximate surface area is 129 Å². The summed E-state index contributed by atoms with van der Waals surface area (Å²) in [6.07, 6.45) is 1.83. The first-order chi connectivity index (χ1) is 9.66. The standard InChI is InChI=1S/C15H19ClN2OS/c1-11(2)6-17-8-13-14(16)4-3-5-15(13)19-9-12-7-18-10-20-12/h3-5,7,10-11,17H,6,8-9H2,1-2H3. The number of benzene rings is 1. The molecule has 3 nitrogen and oxygen atoms in total. The van der Waals surface area contributed by atoms with Gasteiger partial charge in [0.2, 0.25) is 0 Å². The van der Waals surface area contributed by atoms with Crippen LogP contribution in [0.5, 0.6) is 5.75 Å². The molecule has 20 heavy (non-hydrogen) atoms. The van der Waals surface area contributed by atoms with Crippen molar-refractivity contribution in [2.45, 2.75) is 27.0 Å². The van der Waals surface area contributed by atoms with E-state index in [1.807, 2.05) is 29.9 Å². The van der Waals surface area contributed by atoms with Crippen molar-refractivity contribution >= 4 is 22.9 Å². The lowest BCUT2D eigenvalue weighted by molar-refractivity contribution is 0.305. The summed E-state index contributed by atoms with van der Waals surface area (Å²) < 4.78 is 5.87. The van der Waals surface area contributed by atoms with Crippen molar-refractivity contribution in [1.29, 1.82) is 0 Å². The molecule has 0 saturated heterocycles. The molecule has 2 aromatic rings. The van der Waals surface area contributed by atoms with E-state index in [0.717, 1.165) is 34.3 Å². The van der Waals surface area contributed by atoms with Gasteiger partial charge < -0.3 is 10.1 Å². The molecule has 0 unspecified atom stereocenters. The first-order valence-corrected chi connectivity index (χ1v) is 7.91. The van der Waals surface area contributed by atoms with Gasteiger partial charge in [-0.2, -0.15) is 0 Å². The predicted octanol–water partition coefficient (Wildman–Crippen LogP) is 4.12. The summed E-state index contributed by atoms with van der Waals surface area (Å²) in [6, 6.07) is 5.77. The van der Waals surface area contributed by atoms with E-state index in [-0.39, 0.29) is 0 Å². The van der Waals surface area contributed by atoms with Crippen LogP contribution >= 0.6 is 22.9 Å². The lowest BCUT2D eigenvalue weighted by Gasteiger charge is -2.14. The molecule has 2 rings (SSSR count). The van der Waals surface area contributed by atoms with Gasteiger partial charge in [0.25, 0.3) is 0 Å². The molecule has 0 radical (unpaired) electrons. The number of nitrogens with one attached hydrogen (secondary N) is 1. The Bertz CT molecular complexity index is 529. The summed E-state index contributed by atoms with van der Waals surface area (Å²) in [6.45, 7) is 6.57. The first kappa shape index (κ1) is 15.3. The molecule has 0 fully saturated rings. The van der Waals surface area contributed by atoms with Gasteiger partial charge in [-0.1, -0.05) is 31.5 Å². The lowest BCUT2D eigenvalue weighted by atomic mass is 10.1. The minimum absolute atomic E-state index is 0.530. The van der Waals surface area contributed by atoms with E-state index >= 15 is 0 Å². The molecule has 0 aliphatic rings. The van der Waals surface area contributed by atoms with Crippen LogP contribution in [0.3, 0.4) is 0 Å². The highest BCUT2D eigenvalue weighted by Gasteiger charge is 2.09. The third kappa shape index (κ3) is 4.47. The Hall–Kier alpha value is -1.10. The average Bonchev–Trinajstić information content (AvgIpc) is 2.91. The quantitative estimate of drug-likeness (QED) is 0.835. The van der Waals surface area contributed by atoms with Crippen LogP contribution in [0.1, 0.15) is 24.3 Å². The van der Waals surface area contributed by atoms with Crippen molar-refractivity contribution in [2.75, 3.05) is 6.54 Å². The first-order valence-electron chi connectivity index (χ1n) is 6.65. The molecule has 0 aliphatic heterocycles. The molecule has 0 aliphatic carbocycles. The van der Waals surface area contributed by atoms with Gasteiger partial charge in [-0.25, -0.2) is 0 Å². The zero-order valence-corrected chi connectivity index (χ0v) is 13.3. The third-order valence-electron chi connectivity index (χ3n) is 2.78. The highest BCUT2D eigenvalue weighted by Crippen LogP contribution is 2.27. The van der Waals surface area contributed by atoms with Gasteiger partial charge in [0, 0.05) is 23.3 Å². The van der Waals surface area contributed by atoms with E-state index < -0.39 is 0 Å². The van der Waals surface area contributed by atoms with Crippen LogP contribution in [0, 0.1) is 5.92 Å². The van der Waals surface area contributed by atoms with Crippen molar-refractivity contribution < 1.29 is 4.74 Å². The maximum Gasteiger partial charge on any atom is 0.125 e. The highest BCUT2D eigenvalue weighted by atomic mass is 35.5. The van der Waals surface area contributed by atoms with Crippen molar-refractivity contribution in [3.8, 4) is 5.75 Å². The van der Waals surface area contributed by atoms with Gasteiger partial charge in [0.15, 0.2) is 0 Å². The second-order valence-corrected chi connectivity index (χ2v) is 6.38. The van der Waals surface area contributed by atoms with Gasteiger partial charge in [-0.3, -0.25) is 4.98 Å². The van der Waals surface area contributed by atoms with Crippen LogP contribution in [0.25, 0.3) is 0 Å². The Morgan fingerprint density at radius 2 is 2.25 bits per heavy atom. The summed E-state index contributed by atoms with van der Waals surface area (Å²) in [5.41, 5.74) is 2.82. The Morgan fingerprint density at radius 1 is 1.40 bits per heavy atom. The van der Waals surface area contributed by atoms with Crippen molar-refractivity contribution in [3.05, 3.63) is 45.4 Å². The van der Waals surface area contributed by atoms with Gasteiger partial charge in [-0.05, 0) is 24.6 Å². The molecule has 0 spiro atoms. The second kappa shape index (κ2) is 7.62. The van der Waals surface area contributed by atoms with Gasteiger partial charge in [0.05, 0.1) is 10.4 Å². The van der Waals surface area contributed by atoms with Gasteiger partial charge >= 0.3 is 0 Å². The maximum absolute atomic E-state index is 6.28. The number of halogens is 1. The minimum Gasteiger partial charge on any atom is -0.488 e. The number of hydrogen-bond donors (Lipinski definition) is 1. The maximum atomic E-state index is 6.28. The molecule has 1 aromatic carbocycles. The number of aromatic nitrogens is 1. The Balaban J connectivity index is 2.01. The molecule has 1 N–H and O–H groups in total. The summed E-state index contributed by atoms with van der Waals surface area (Å²) in [5, 5.41) is 4.14. The summed E-state index contributed by atoms with van der Waals surface area (Å²) in [4.78, 5) is 5.15. The average molecular weight is 311 g/mol. The zero-order valence-electron chi connectivity index (χ0n) is 11.7. The largest absolute Gasteiger partial charge is 0.488 e. The molecule has 0 bridgehead atoms. The number of ether oxygens (including phenoxy) is 1. The molecular weight excluding hydrogens is 292 g/mol. The second-order valence-electron chi connectivity index (χ2n) is 5.00. The van der Waals surface area contributed by atoms with E-state index in [9.17, 15) is 0 Å². The van der Waals surface area contributed by atoms with Crippen LogP contribution in [0.4, 0.5) is 0 Å². The van der Waals surface area contributed by atoms with Gasteiger partial charge in [-0.15, -0.1) is 11.3 Å². The van der Waals surface area contributed by atoms with Crippen LogP contribution in [0.2, 0.25) is 5.02 Å². The molecule has 0 saturated carbocycles. The smallest absolute Gasteiger partial charge is 0.125 e. The van der Waals surface area contributed by atoms with E-state index in [1.165, 1.54) is 0 Å². The third-order valence-corrected chi connectivity index (χ3v) is 3.89. The summed E-state index contributed by atoms with van der Waals surface area (Å²) >= 11 is 7.86. The number of hydrogen-bond acceptors (Lipinski definition) is 4. The molecule has 5 heteroatoms. The molecule has 0 amide bonds. The summed E-state index contributed by atoms with van der Waals surface area (Å²) in [7, 11) is 0. The van der Waals surface area contributed by atoms with E-state index in [0.29, 0.717) is 12.5 Å². The fourth-order valence-corrected chi connectivity index (χ4v) is 2.53. The lowest BCUT2D eigenvalue weighted by Crippen LogP contribution is -2.19. The Kier molecular flexibility index (Phi) is 5.83. The molecule has 1 heterocycles. The fraction of sp³-hybridized carbons (Fsp3) is 0.400. The van der Waals surface area contributed by atoms with Crippen LogP contribution in [-0.4, -0.2) is 11.5 Å². The SMILES string of the molecule is CC(C)CNCc1c(Cl)cccc1OCc1cncs1. The molecule has 0 atom stereocenters. The van der Waals surface area contributed by atoms with Crippen LogP contribution < -0.4 is 10.1 Å². The normalized spacial score (nSPS) is 11.0. The zero-order chi connectivity index (χ0) is 14.4. The van der Waals surface area contributed by atoms with E-state index in [2.05, 4.69) is 24.1 Å².